The van der Waals surface area contributed by atoms with Crippen molar-refractivity contribution in [2.24, 2.45) is 5.92 Å². The number of aliphatic carboxylic acids is 1. The van der Waals surface area contributed by atoms with Gasteiger partial charge in [0.25, 0.3) is 0 Å². The number of carboxylic acids is 1. The fraction of sp³-hybridized carbons (Fsp3) is 0.211. The second kappa shape index (κ2) is 7.49. The van der Waals surface area contributed by atoms with Crippen LogP contribution in [0.2, 0.25) is 0 Å². The van der Waals surface area contributed by atoms with Crippen molar-refractivity contribution in [3.05, 3.63) is 71.3 Å². The summed E-state index contributed by atoms with van der Waals surface area (Å²) in [6.07, 6.45) is 0.253. The molecule has 0 radical (unpaired) electrons. The predicted octanol–water partition coefficient (Wildman–Crippen LogP) is 3.14. The highest BCUT2D eigenvalue weighted by atomic mass is 16.4. The second-order valence-corrected chi connectivity index (χ2v) is 5.48. The van der Waals surface area contributed by atoms with Gasteiger partial charge in [-0.25, -0.2) is 0 Å². The summed E-state index contributed by atoms with van der Waals surface area (Å²) in [5, 5.41) is 9.26. The zero-order chi connectivity index (χ0) is 16.8. The third kappa shape index (κ3) is 4.36. The van der Waals surface area contributed by atoms with Crippen LogP contribution in [0.5, 0.6) is 0 Å². The summed E-state index contributed by atoms with van der Waals surface area (Å²) in [6, 6.07) is 16.6. The van der Waals surface area contributed by atoms with E-state index in [0.717, 1.165) is 11.1 Å². The van der Waals surface area contributed by atoms with Gasteiger partial charge >= 0.3 is 5.97 Å². The molecule has 0 aliphatic heterocycles. The van der Waals surface area contributed by atoms with Gasteiger partial charge in [0.15, 0.2) is 5.78 Å². The van der Waals surface area contributed by atoms with Crippen LogP contribution < -0.4 is 0 Å². The number of hydrogen-bond acceptors (Lipinski definition) is 3. The van der Waals surface area contributed by atoms with Crippen molar-refractivity contribution in [1.82, 2.24) is 0 Å². The Morgan fingerprint density at radius 3 is 2.17 bits per heavy atom. The van der Waals surface area contributed by atoms with Crippen LogP contribution in [-0.2, 0) is 16.0 Å². The first-order valence-corrected chi connectivity index (χ1v) is 7.37. The molecule has 2 rings (SSSR count). The summed E-state index contributed by atoms with van der Waals surface area (Å²) in [7, 11) is 0. The third-order valence-corrected chi connectivity index (χ3v) is 3.63. The van der Waals surface area contributed by atoms with Gasteiger partial charge in [0.2, 0.25) is 0 Å². The molecule has 0 saturated heterocycles. The Balaban J connectivity index is 2.33. The first-order valence-electron chi connectivity index (χ1n) is 7.37. The van der Waals surface area contributed by atoms with Gasteiger partial charge in [-0.1, -0.05) is 54.6 Å². The van der Waals surface area contributed by atoms with Crippen LogP contribution in [0.25, 0.3) is 0 Å². The third-order valence-electron chi connectivity index (χ3n) is 3.63. The quantitative estimate of drug-likeness (QED) is 0.630. The van der Waals surface area contributed by atoms with E-state index in [2.05, 4.69) is 0 Å². The van der Waals surface area contributed by atoms with Crippen LogP contribution in [-0.4, -0.2) is 22.6 Å². The maximum absolute atomic E-state index is 12.6. The van der Waals surface area contributed by atoms with Gasteiger partial charge in [-0.15, -0.1) is 0 Å². The number of benzene rings is 2. The van der Waals surface area contributed by atoms with Crippen molar-refractivity contribution in [3.63, 3.8) is 0 Å². The molecular weight excluding hydrogens is 292 g/mol. The number of Topliss-reactive ketones (excluding diaryl/α,β-unsaturated/α-hetero) is 2. The molecule has 118 valence electrons. The number of carbonyl (C=O) groups excluding carboxylic acids is 2. The Bertz CT molecular complexity index is 719. The first kappa shape index (κ1) is 16.6. The van der Waals surface area contributed by atoms with Crippen LogP contribution in [0, 0.1) is 5.92 Å². The lowest BCUT2D eigenvalue weighted by molar-refractivity contribution is -0.141. The molecule has 1 atom stereocenters. The van der Waals surface area contributed by atoms with Crippen molar-refractivity contribution in [3.8, 4) is 0 Å². The molecule has 1 N–H and O–H groups in total. The Kier molecular flexibility index (Phi) is 5.41. The molecule has 0 amide bonds. The van der Waals surface area contributed by atoms with Crippen molar-refractivity contribution in [1.29, 1.82) is 0 Å². The molecule has 0 aliphatic rings. The number of rotatable bonds is 7. The highest BCUT2D eigenvalue weighted by Gasteiger charge is 2.29. The van der Waals surface area contributed by atoms with Crippen LogP contribution in [0.3, 0.4) is 0 Å². The molecule has 4 heteroatoms. The van der Waals surface area contributed by atoms with Crippen LogP contribution >= 0.6 is 0 Å². The van der Waals surface area contributed by atoms with Crippen LogP contribution in [0.1, 0.15) is 34.8 Å². The molecule has 0 aromatic heterocycles. The average Bonchev–Trinajstić information content (AvgIpc) is 2.53. The first-order chi connectivity index (χ1) is 11.0. The smallest absolute Gasteiger partial charge is 0.314 e. The van der Waals surface area contributed by atoms with Gasteiger partial charge in [-0.05, 0) is 24.5 Å². The monoisotopic (exact) mass is 310 g/mol. The molecule has 0 spiro atoms. The predicted molar refractivity (Wildman–Crippen MR) is 86.4 cm³/mol. The lowest BCUT2D eigenvalue weighted by atomic mass is 9.89. The number of carboxylic acid groups (broad SMARTS) is 1. The van der Waals surface area contributed by atoms with Crippen LogP contribution in [0.15, 0.2) is 54.6 Å². The molecule has 2 aromatic carbocycles. The summed E-state index contributed by atoms with van der Waals surface area (Å²) in [5.41, 5.74) is 2.16. The standard InChI is InChI=1S/C19H18O4/c1-13(20)11-17(19(22)23)18(21)16-10-6-5-9-15(16)12-14-7-3-2-4-8-14/h2-10,17H,11-12H2,1H3,(H,22,23). The van der Waals surface area contributed by atoms with E-state index in [9.17, 15) is 19.5 Å². The van der Waals surface area contributed by atoms with Gasteiger partial charge in [0, 0.05) is 12.0 Å². The maximum Gasteiger partial charge on any atom is 0.314 e. The lowest BCUT2D eigenvalue weighted by Gasteiger charge is -2.13. The van der Waals surface area contributed by atoms with Crippen molar-refractivity contribution >= 4 is 17.5 Å². The van der Waals surface area contributed by atoms with Gasteiger partial charge in [0.1, 0.15) is 11.7 Å². The van der Waals surface area contributed by atoms with Crippen molar-refractivity contribution in [2.45, 2.75) is 19.8 Å². The lowest BCUT2D eigenvalue weighted by Crippen LogP contribution is -2.27. The zero-order valence-corrected chi connectivity index (χ0v) is 12.9. The number of hydrogen-bond donors (Lipinski definition) is 1. The Morgan fingerprint density at radius 1 is 0.957 bits per heavy atom. The van der Waals surface area contributed by atoms with Gasteiger partial charge in [-0.3, -0.25) is 14.4 Å². The summed E-state index contributed by atoms with van der Waals surface area (Å²) < 4.78 is 0. The number of ketones is 2. The van der Waals surface area contributed by atoms with Crippen molar-refractivity contribution < 1.29 is 19.5 Å². The molecule has 0 fully saturated rings. The minimum Gasteiger partial charge on any atom is -0.481 e. The Labute approximate surface area is 134 Å². The molecule has 0 saturated carbocycles. The topological polar surface area (TPSA) is 71.4 Å². The average molecular weight is 310 g/mol. The maximum atomic E-state index is 12.6. The van der Waals surface area contributed by atoms with Crippen LogP contribution in [0.4, 0.5) is 0 Å². The minimum absolute atomic E-state index is 0.284. The highest BCUT2D eigenvalue weighted by Crippen LogP contribution is 2.20. The SMILES string of the molecule is CC(=O)CC(C(=O)O)C(=O)c1ccccc1Cc1ccccc1. The zero-order valence-electron chi connectivity index (χ0n) is 12.9. The van der Waals surface area contributed by atoms with Gasteiger partial charge < -0.3 is 5.11 Å². The molecule has 0 bridgehead atoms. The van der Waals surface area contributed by atoms with E-state index in [1.54, 1.807) is 12.1 Å². The fourth-order valence-electron chi connectivity index (χ4n) is 2.50. The molecule has 4 nitrogen and oxygen atoms in total. The largest absolute Gasteiger partial charge is 0.481 e. The van der Waals surface area contributed by atoms with E-state index < -0.39 is 17.7 Å². The molecular formula is C19H18O4. The van der Waals surface area contributed by atoms with E-state index >= 15 is 0 Å². The minimum atomic E-state index is -1.33. The fourth-order valence-corrected chi connectivity index (χ4v) is 2.50. The normalized spacial score (nSPS) is 11.7. The van der Waals surface area contributed by atoms with E-state index in [1.807, 2.05) is 42.5 Å². The summed E-state index contributed by atoms with van der Waals surface area (Å²) in [5.74, 6) is -3.42. The van der Waals surface area contributed by atoms with E-state index in [1.165, 1.54) is 6.92 Å². The molecule has 1 unspecified atom stereocenters. The summed E-state index contributed by atoms with van der Waals surface area (Å²) in [6.45, 7) is 1.29. The van der Waals surface area contributed by atoms with Gasteiger partial charge in [-0.2, -0.15) is 0 Å². The van der Waals surface area contributed by atoms with E-state index in [-0.39, 0.29) is 12.2 Å². The second-order valence-electron chi connectivity index (χ2n) is 5.48. The van der Waals surface area contributed by atoms with Gasteiger partial charge in [0.05, 0.1) is 0 Å². The van der Waals surface area contributed by atoms with E-state index in [4.69, 9.17) is 0 Å². The Morgan fingerprint density at radius 2 is 1.57 bits per heavy atom. The molecule has 23 heavy (non-hydrogen) atoms. The molecule has 2 aromatic rings. The molecule has 0 aliphatic carbocycles. The van der Waals surface area contributed by atoms with E-state index in [0.29, 0.717) is 12.0 Å². The summed E-state index contributed by atoms with van der Waals surface area (Å²) in [4.78, 5) is 35.2. The summed E-state index contributed by atoms with van der Waals surface area (Å²) >= 11 is 0. The van der Waals surface area contributed by atoms with Crippen molar-refractivity contribution in [2.75, 3.05) is 0 Å². The number of carbonyl (C=O) groups is 3. The highest BCUT2D eigenvalue weighted by molar-refractivity contribution is 6.10. The Hall–Kier alpha value is -2.75. The molecule has 0 heterocycles.